The van der Waals surface area contributed by atoms with Crippen LogP contribution in [0, 0.1) is 0 Å². The molecule has 2 rings (SSSR count). The van der Waals surface area contributed by atoms with E-state index in [9.17, 15) is 9.59 Å². The summed E-state index contributed by atoms with van der Waals surface area (Å²) in [6, 6.07) is 10.9. The van der Waals surface area contributed by atoms with E-state index in [2.05, 4.69) is 30.7 Å². The number of carbonyl (C=O) groups excluding carboxylic acids is 2. The molecule has 0 saturated heterocycles. The Bertz CT molecular complexity index is 848. The molecule has 0 aliphatic carbocycles. The lowest BCUT2D eigenvalue weighted by molar-refractivity contribution is -0.182. The molecule has 0 radical (unpaired) electrons. The molecule has 9 nitrogen and oxygen atoms in total. The minimum Gasteiger partial charge on any atom is -0.322 e. The number of nitrogens with one attached hydrogen (secondary N) is 1. The summed E-state index contributed by atoms with van der Waals surface area (Å²) in [4.78, 5) is 27.7. The van der Waals surface area contributed by atoms with Crippen LogP contribution in [0.3, 0.4) is 0 Å². The van der Waals surface area contributed by atoms with Crippen molar-refractivity contribution in [2.45, 2.75) is 0 Å². The van der Waals surface area contributed by atoms with Gasteiger partial charge in [0.2, 0.25) is 0 Å². The Morgan fingerprint density at radius 3 is 2.48 bits per heavy atom. The monoisotopic (exact) mass is 341 g/mol. The van der Waals surface area contributed by atoms with Gasteiger partial charge in [0, 0.05) is 25.3 Å². The second kappa shape index (κ2) is 8.41. The van der Waals surface area contributed by atoms with Gasteiger partial charge in [0.15, 0.2) is 0 Å². The number of carbonyl (C=O) groups is 2. The summed E-state index contributed by atoms with van der Waals surface area (Å²) >= 11 is 0. The van der Waals surface area contributed by atoms with Gasteiger partial charge in [0.05, 0.1) is 16.9 Å². The van der Waals surface area contributed by atoms with Crippen LogP contribution in [0.2, 0.25) is 0 Å². The Labute approximate surface area is 143 Å². The van der Waals surface area contributed by atoms with Crippen molar-refractivity contribution in [3.8, 4) is 0 Å². The fourth-order valence-electron chi connectivity index (χ4n) is 2.05. The number of hydrogen-bond donors (Lipinski definition) is 2. The van der Waals surface area contributed by atoms with Crippen LogP contribution in [-0.4, -0.2) is 31.2 Å². The molecular weight excluding hydrogens is 326 g/mol. The van der Waals surface area contributed by atoms with E-state index in [1.54, 1.807) is 30.3 Å². The highest BCUT2D eigenvalue weighted by Crippen LogP contribution is 2.25. The summed E-state index contributed by atoms with van der Waals surface area (Å²) in [6.45, 7) is 0. The molecule has 0 aliphatic heterocycles. The second-order valence-corrected chi connectivity index (χ2v) is 4.72. The topological polar surface area (TPSA) is 125 Å². The van der Waals surface area contributed by atoms with Crippen LogP contribution < -0.4 is 5.32 Å². The molecule has 0 aliphatic rings. The normalized spacial score (nSPS) is 11.0. The highest BCUT2D eigenvalue weighted by Gasteiger charge is 2.15. The van der Waals surface area contributed by atoms with Gasteiger partial charge in [-0.1, -0.05) is 6.07 Å². The molecule has 0 heterocycles. The number of azo groups is 2. The lowest BCUT2D eigenvalue weighted by Gasteiger charge is -2.08. The average Bonchev–Trinajstić information content (AvgIpc) is 2.63. The molecule has 128 valence electrons. The van der Waals surface area contributed by atoms with Gasteiger partial charge in [-0.15, -0.1) is 0 Å². The smallest absolute Gasteiger partial charge is 0.322 e. The molecule has 9 heteroatoms. The summed E-state index contributed by atoms with van der Waals surface area (Å²) < 4.78 is 0. The van der Waals surface area contributed by atoms with Gasteiger partial charge >= 0.3 is 5.97 Å². The molecule has 0 spiro atoms. The number of hydrogen-bond acceptors (Lipinski definition) is 8. The Kier molecular flexibility index (Phi) is 6.02. The fourth-order valence-corrected chi connectivity index (χ4v) is 2.05. The zero-order valence-electron chi connectivity index (χ0n) is 13.5. The predicted octanol–water partition coefficient (Wildman–Crippen LogP) is 4.00. The van der Waals surface area contributed by atoms with Crippen LogP contribution in [0.25, 0.3) is 0 Å². The van der Waals surface area contributed by atoms with Crippen molar-refractivity contribution in [3.05, 3.63) is 53.6 Å². The van der Waals surface area contributed by atoms with E-state index in [1.807, 2.05) is 0 Å². The van der Waals surface area contributed by atoms with E-state index < -0.39 is 11.9 Å². The summed E-state index contributed by atoms with van der Waals surface area (Å²) in [6.07, 6.45) is 0. The van der Waals surface area contributed by atoms with Crippen molar-refractivity contribution in [2.75, 3.05) is 19.4 Å². The van der Waals surface area contributed by atoms with Gasteiger partial charge < -0.3 is 5.32 Å². The van der Waals surface area contributed by atoms with E-state index >= 15 is 0 Å². The third kappa shape index (κ3) is 4.52. The third-order valence-electron chi connectivity index (χ3n) is 3.09. The highest BCUT2D eigenvalue weighted by atomic mass is 17.1. The van der Waals surface area contributed by atoms with Crippen molar-refractivity contribution in [2.24, 2.45) is 20.5 Å². The summed E-state index contributed by atoms with van der Waals surface area (Å²) in [5.74, 6) is -1.41. The molecule has 1 amide bonds. The van der Waals surface area contributed by atoms with Crippen LogP contribution in [0.4, 0.5) is 17.1 Å². The zero-order valence-corrected chi connectivity index (χ0v) is 13.5. The summed E-state index contributed by atoms with van der Waals surface area (Å²) in [5.41, 5.74) is 1.39. The highest BCUT2D eigenvalue weighted by molar-refractivity contribution is 6.05. The van der Waals surface area contributed by atoms with Crippen molar-refractivity contribution >= 4 is 28.9 Å². The Morgan fingerprint density at radius 1 is 1.04 bits per heavy atom. The molecule has 0 aromatic heterocycles. The Hall–Kier alpha value is -3.46. The number of rotatable bonds is 5. The van der Waals surface area contributed by atoms with E-state index in [-0.39, 0.29) is 11.3 Å². The molecule has 2 aromatic carbocycles. The molecule has 0 bridgehead atoms. The SMILES string of the molecule is CN=Nc1cccc(C(=O)Nc2ccc(N=NC)c(C(=O)OO)c2)c1. The van der Waals surface area contributed by atoms with E-state index in [4.69, 9.17) is 5.26 Å². The number of anilines is 1. The van der Waals surface area contributed by atoms with Crippen LogP contribution in [0.15, 0.2) is 62.9 Å². The predicted molar refractivity (Wildman–Crippen MR) is 89.8 cm³/mol. The number of amides is 1. The molecule has 0 saturated carbocycles. The Morgan fingerprint density at radius 2 is 1.80 bits per heavy atom. The van der Waals surface area contributed by atoms with Crippen molar-refractivity contribution in [1.82, 2.24) is 0 Å². The minimum absolute atomic E-state index is 0.0422. The number of nitrogens with zero attached hydrogens (tertiary/aromatic N) is 4. The third-order valence-corrected chi connectivity index (χ3v) is 3.09. The minimum atomic E-state index is -1.01. The van der Waals surface area contributed by atoms with Gasteiger partial charge in [0.25, 0.3) is 5.91 Å². The van der Waals surface area contributed by atoms with Crippen LogP contribution in [-0.2, 0) is 4.89 Å². The lowest BCUT2D eigenvalue weighted by Crippen LogP contribution is -2.12. The van der Waals surface area contributed by atoms with E-state index in [0.29, 0.717) is 16.9 Å². The Balaban J connectivity index is 2.29. The quantitative estimate of drug-likeness (QED) is 0.484. The molecule has 2 N–H and O–H groups in total. The molecule has 25 heavy (non-hydrogen) atoms. The van der Waals surface area contributed by atoms with Gasteiger partial charge in [-0.2, -0.15) is 25.7 Å². The largest absolute Gasteiger partial charge is 0.375 e. The molecule has 0 atom stereocenters. The van der Waals surface area contributed by atoms with Gasteiger partial charge in [-0.3, -0.25) is 9.68 Å². The average molecular weight is 341 g/mol. The van der Waals surface area contributed by atoms with Crippen molar-refractivity contribution < 1.29 is 19.7 Å². The lowest BCUT2D eigenvalue weighted by atomic mass is 10.1. The maximum atomic E-state index is 12.3. The van der Waals surface area contributed by atoms with E-state index in [1.165, 1.54) is 26.2 Å². The van der Waals surface area contributed by atoms with Crippen molar-refractivity contribution in [3.63, 3.8) is 0 Å². The van der Waals surface area contributed by atoms with E-state index in [0.717, 1.165) is 0 Å². The van der Waals surface area contributed by atoms with Gasteiger partial charge in [-0.25, -0.2) is 4.79 Å². The van der Waals surface area contributed by atoms with Crippen molar-refractivity contribution in [1.29, 1.82) is 0 Å². The van der Waals surface area contributed by atoms with Crippen LogP contribution >= 0.6 is 0 Å². The van der Waals surface area contributed by atoms with Gasteiger partial charge in [0.1, 0.15) is 0 Å². The first-order chi connectivity index (χ1) is 12.1. The van der Waals surface area contributed by atoms with Crippen LogP contribution in [0.1, 0.15) is 20.7 Å². The summed E-state index contributed by atoms with van der Waals surface area (Å²) in [5, 5.41) is 26.1. The first kappa shape index (κ1) is 17.9. The molecule has 2 aromatic rings. The maximum absolute atomic E-state index is 12.3. The molecule has 0 unspecified atom stereocenters. The maximum Gasteiger partial charge on any atom is 0.375 e. The van der Waals surface area contributed by atoms with Crippen LogP contribution in [0.5, 0.6) is 0 Å². The second-order valence-electron chi connectivity index (χ2n) is 4.72. The standard InChI is InChI=1S/C16H15N5O4/c1-17-20-12-5-3-4-10(8-12)15(22)19-11-6-7-14(21-18-2)13(9-11)16(23)25-24/h3-9,24H,1-2H3,(H,19,22). The first-order valence-electron chi connectivity index (χ1n) is 7.10. The molecule has 0 fully saturated rings. The fraction of sp³-hybridized carbons (Fsp3) is 0.125. The first-order valence-corrected chi connectivity index (χ1v) is 7.10. The number of benzene rings is 2. The molecular formula is C16H15N5O4. The zero-order chi connectivity index (χ0) is 18.2. The summed E-state index contributed by atoms with van der Waals surface area (Å²) in [7, 11) is 2.97. The van der Waals surface area contributed by atoms with Gasteiger partial charge in [-0.05, 0) is 36.4 Å².